The summed E-state index contributed by atoms with van der Waals surface area (Å²) in [6.07, 6.45) is -0.853. The molecule has 1 N–H and O–H groups in total. The molecule has 1 amide bonds. The summed E-state index contributed by atoms with van der Waals surface area (Å²) < 4.78 is 47.2. The molecule has 3 aromatic rings. The number of fused-ring (bicyclic) bond motifs is 1. The summed E-state index contributed by atoms with van der Waals surface area (Å²) in [5.41, 5.74) is -1.85. The molecule has 1 atom stereocenters. The Labute approximate surface area is 203 Å². The molecule has 35 heavy (non-hydrogen) atoms. The largest absolute Gasteiger partial charge is 0.418 e. The molecule has 13 heteroatoms. The lowest BCUT2D eigenvalue weighted by molar-refractivity contribution is -0.136. The van der Waals surface area contributed by atoms with Crippen molar-refractivity contribution in [3.63, 3.8) is 0 Å². The first-order valence-corrected chi connectivity index (χ1v) is 11.4. The Kier molecular flexibility index (Phi) is 7.31. The van der Waals surface area contributed by atoms with E-state index in [4.69, 9.17) is 16.3 Å². The first-order valence-electron chi connectivity index (χ1n) is 11.0. The van der Waals surface area contributed by atoms with E-state index in [-0.39, 0.29) is 31.1 Å². The molecule has 3 aromatic heterocycles. The Morgan fingerprint density at radius 2 is 1.97 bits per heavy atom. The van der Waals surface area contributed by atoms with Gasteiger partial charge in [-0.2, -0.15) is 18.3 Å². The summed E-state index contributed by atoms with van der Waals surface area (Å²) >= 11 is 5.87. The minimum atomic E-state index is -4.68. The van der Waals surface area contributed by atoms with Crippen molar-refractivity contribution in [1.29, 1.82) is 0 Å². The summed E-state index contributed by atoms with van der Waals surface area (Å²) in [7, 11) is 0. The molecule has 1 aliphatic rings. The highest BCUT2D eigenvalue weighted by atomic mass is 35.5. The number of pyridine rings is 1. The van der Waals surface area contributed by atoms with Crippen LogP contribution in [0.2, 0.25) is 5.02 Å². The fourth-order valence-electron chi connectivity index (χ4n) is 4.09. The fraction of sp³-hybridized carbons (Fsp3) is 0.455. The van der Waals surface area contributed by atoms with E-state index in [2.05, 4.69) is 15.0 Å². The van der Waals surface area contributed by atoms with Crippen LogP contribution >= 0.6 is 11.6 Å². The van der Waals surface area contributed by atoms with Crippen molar-refractivity contribution in [2.24, 2.45) is 0 Å². The lowest BCUT2D eigenvalue weighted by Gasteiger charge is -2.35. The molecule has 0 radical (unpaired) electrons. The summed E-state index contributed by atoms with van der Waals surface area (Å²) in [5.74, 6) is 0.755. The van der Waals surface area contributed by atoms with Crippen molar-refractivity contribution >= 4 is 34.2 Å². The minimum Gasteiger partial charge on any atom is -0.379 e. The minimum absolute atomic E-state index is 0.0529. The van der Waals surface area contributed by atoms with Crippen molar-refractivity contribution in [2.75, 3.05) is 44.3 Å². The molecule has 0 aliphatic carbocycles. The first-order chi connectivity index (χ1) is 16.6. The molecule has 1 aliphatic heterocycles. The predicted molar refractivity (Wildman–Crippen MR) is 124 cm³/mol. The van der Waals surface area contributed by atoms with Gasteiger partial charge in [-0.3, -0.25) is 9.59 Å². The number of amides is 1. The van der Waals surface area contributed by atoms with Gasteiger partial charge in [-0.15, -0.1) is 0 Å². The highest BCUT2D eigenvalue weighted by molar-refractivity contribution is 6.30. The number of hydrogen-bond donors (Lipinski definition) is 1. The first kappa shape index (κ1) is 25.0. The van der Waals surface area contributed by atoms with Crippen LogP contribution in [0.15, 0.2) is 35.5 Å². The Bertz CT molecular complexity index is 1240. The number of nitrogens with one attached hydrogen (secondary N) is 1. The van der Waals surface area contributed by atoms with Crippen LogP contribution in [0.3, 0.4) is 0 Å². The molecular weight excluding hydrogens is 489 g/mol. The van der Waals surface area contributed by atoms with Crippen molar-refractivity contribution < 1.29 is 22.7 Å². The monoisotopic (exact) mass is 512 g/mol. The van der Waals surface area contributed by atoms with Crippen LogP contribution in [0.1, 0.15) is 24.9 Å². The molecule has 0 saturated carbocycles. The molecule has 0 spiro atoms. The maximum atomic E-state index is 13.4. The van der Waals surface area contributed by atoms with E-state index in [1.807, 2.05) is 11.2 Å². The van der Waals surface area contributed by atoms with Crippen LogP contribution in [0.25, 0.3) is 10.9 Å². The molecule has 4 rings (SSSR count). The number of aromatic amines is 1. The summed E-state index contributed by atoms with van der Waals surface area (Å²) in [6, 6.07) is 3.10. The third-order valence-corrected chi connectivity index (χ3v) is 6.14. The van der Waals surface area contributed by atoms with Crippen molar-refractivity contribution in [1.82, 2.24) is 24.6 Å². The molecule has 0 bridgehead atoms. The van der Waals surface area contributed by atoms with Gasteiger partial charge in [-0.25, -0.2) is 10.1 Å². The van der Waals surface area contributed by atoms with E-state index >= 15 is 0 Å². The number of carbonyl (C=O) groups excluding carboxylic acids is 1. The average Bonchev–Trinajstić information content (AvgIpc) is 3.24. The van der Waals surface area contributed by atoms with Crippen molar-refractivity contribution in [3.8, 4) is 0 Å². The van der Waals surface area contributed by atoms with Gasteiger partial charge in [0.25, 0.3) is 5.56 Å². The molecule has 9 nitrogen and oxygen atoms in total. The van der Waals surface area contributed by atoms with Crippen molar-refractivity contribution in [2.45, 2.75) is 25.6 Å². The third-order valence-electron chi connectivity index (χ3n) is 5.92. The second kappa shape index (κ2) is 10.2. The maximum Gasteiger partial charge on any atom is 0.418 e. The quantitative estimate of drug-likeness (QED) is 0.489. The predicted octanol–water partition coefficient (Wildman–Crippen LogP) is 3.11. The maximum absolute atomic E-state index is 13.4. The number of nitrogens with zero attached hydrogens (tertiary/aromatic N) is 5. The lowest BCUT2D eigenvalue weighted by Crippen LogP contribution is -2.49. The van der Waals surface area contributed by atoms with Crippen LogP contribution in [-0.2, 0) is 15.7 Å². The molecule has 1 saturated heterocycles. The highest BCUT2D eigenvalue weighted by Gasteiger charge is 2.36. The molecule has 1 fully saturated rings. The highest BCUT2D eigenvalue weighted by Crippen LogP contribution is 2.35. The number of alkyl halides is 3. The number of halogens is 4. The van der Waals surface area contributed by atoms with E-state index in [0.717, 1.165) is 12.0 Å². The van der Waals surface area contributed by atoms with Gasteiger partial charge in [-0.05, 0) is 19.1 Å². The number of hydrogen-bond acceptors (Lipinski definition) is 6. The molecule has 188 valence electrons. The average molecular weight is 513 g/mol. The van der Waals surface area contributed by atoms with Gasteiger partial charge in [0.1, 0.15) is 5.82 Å². The number of anilines is 1. The number of piperazine rings is 1. The van der Waals surface area contributed by atoms with Crippen LogP contribution in [0.4, 0.5) is 19.0 Å². The summed E-state index contributed by atoms with van der Waals surface area (Å²) in [4.78, 5) is 32.6. The zero-order valence-corrected chi connectivity index (χ0v) is 19.6. The zero-order valence-electron chi connectivity index (χ0n) is 18.9. The molecule has 4 heterocycles. The molecule has 0 aromatic carbocycles. The van der Waals surface area contributed by atoms with Crippen LogP contribution < -0.4 is 10.5 Å². The normalized spacial score (nSPS) is 15.6. The van der Waals surface area contributed by atoms with Crippen molar-refractivity contribution in [3.05, 3.63) is 51.7 Å². The summed E-state index contributed by atoms with van der Waals surface area (Å²) in [6.45, 7) is 4.27. The van der Waals surface area contributed by atoms with Gasteiger partial charge >= 0.3 is 6.18 Å². The van der Waals surface area contributed by atoms with Gasteiger partial charge in [0.05, 0.1) is 53.4 Å². The molecular formula is C22H24ClF3N6O3. The number of H-pyrrole nitrogens is 1. The Morgan fingerprint density at radius 1 is 1.23 bits per heavy atom. The second-order valence-corrected chi connectivity index (χ2v) is 8.72. The van der Waals surface area contributed by atoms with Crippen LogP contribution in [0.5, 0.6) is 0 Å². The molecule has 1 unspecified atom stereocenters. The van der Waals surface area contributed by atoms with E-state index in [0.29, 0.717) is 31.2 Å². The number of carbonyl (C=O) groups is 1. The van der Waals surface area contributed by atoms with Gasteiger partial charge < -0.3 is 19.1 Å². The fourth-order valence-corrected chi connectivity index (χ4v) is 4.20. The lowest BCUT2D eigenvalue weighted by atomic mass is 10.2. The third kappa shape index (κ3) is 5.59. The number of aromatic nitrogens is 4. The van der Waals surface area contributed by atoms with Crippen LogP contribution in [-0.4, -0.2) is 69.9 Å². The van der Waals surface area contributed by atoms with Gasteiger partial charge in [0, 0.05) is 38.6 Å². The van der Waals surface area contributed by atoms with E-state index in [1.165, 1.54) is 10.8 Å². The van der Waals surface area contributed by atoms with E-state index in [9.17, 15) is 22.8 Å². The van der Waals surface area contributed by atoms with Gasteiger partial charge in [-0.1, -0.05) is 11.6 Å². The standard InChI is InChI=1S/C22H24ClF3N6O3/c1-14(32-12-16(22(24,25)26)20-17(32)11-28-29-21(20)34)13-35-9-4-19(33)31-7-5-30(6-8-31)18-3-2-15(23)10-27-18/h2-3,10-12,14H,4-9,13H2,1H3,(H,29,34). The second-order valence-electron chi connectivity index (χ2n) is 8.28. The van der Waals surface area contributed by atoms with Crippen LogP contribution in [0, 0.1) is 0 Å². The van der Waals surface area contributed by atoms with E-state index < -0.39 is 28.7 Å². The Balaban J connectivity index is 1.28. The van der Waals surface area contributed by atoms with Gasteiger partial charge in [0.15, 0.2) is 0 Å². The van der Waals surface area contributed by atoms with Gasteiger partial charge in [0.2, 0.25) is 5.91 Å². The smallest absolute Gasteiger partial charge is 0.379 e. The summed E-state index contributed by atoms with van der Waals surface area (Å²) in [5, 5.41) is 5.77. The SMILES string of the molecule is CC(COCCC(=O)N1CCN(c2ccc(Cl)cn2)CC1)n1cc(C(F)(F)F)c2c(=O)[nH]ncc21. The topological polar surface area (TPSA) is 96.4 Å². The zero-order chi connectivity index (χ0) is 25.2. The number of rotatable bonds is 7. The Hall–Kier alpha value is -3.12. The van der Waals surface area contributed by atoms with E-state index in [1.54, 1.807) is 24.1 Å². The number of ether oxygens (including phenoxy) is 1. The Morgan fingerprint density at radius 3 is 2.63 bits per heavy atom.